The van der Waals surface area contributed by atoms with Crippen molar-refractivity contribution in [1.82, 2.24) is 4.90 Å². The SMILES string of the molecule is CCOc1ccc(OC(=O)CN2CCC(C(C)N)C2)cc1. The van der Waals surface area contributed by atoms with Crippen molar-refractivity contribution in [1.29, 1.82) is 0 Å². The summed E-state index contributed by atoms with van der Waals surface area (Å²) >= 11 is 0. The summed E-state index contributed by atoms with van der Waals surface area (Å²) in [7, 11) is 0. The van der Waals surface area contributed by atoms with E-state index < -0.39 is 0 Å². The van der Waals surface area contributed by atoms with Gasteiger partial charge in [0.15, 0.2) is 0 Å². The lowest BCUT2D eigenvalue weighted by Gasteiger charge is -2.17. The topological polar surface area (TPSA) is 64.8 Å². The van der Waals surface area contributed by atoms with E-state index in [4.69, 9.17) is 15.2 Å². The van der Waals surface area contributed by atoms with Gasteiger partial charge in [0.1, 0.15) is 11.5 Å². The first kappa shape index (κ1) is 15.8. The van der Waals surface area contributed by atoms with Crippen LogP contribution in [0, 0.1) is 5.92 Å². The first-order valence-electron chi connectivity index (χ1n) is 7.50. The highest BCUT2D eigenvalue weighted by atomic mass is 16.5. The maximum Gasteiger partial charge on any atom is 0.325 e. The van der Waals surface area contributed by atoms with E-state index in [-0.39, 0.29) is 12.0 Å². The van der Waals surface area contributed by atoms with Crippen molar-refractivity contribution in [3.05, 3.63) is 24.3 Å². The van der Waals surface area contributed by atoms with Gasteiger partial charge in [-0.2, -0.15) is 0 Å². The smallest absolute Gasteiger partial charge is 0.325 e. The van der Waals surface area contributed by atoms with Crippen LogP contribution in [0.15, 0.2) is 24.3 Å². The third-order valence-electron chi connectivity index (χ3n) is 3.77. The molecule has 1 aromatic rings. The summed E-state index contributed by atoms with van der Waals surface area (Å²) < 4.78 is 10.7. The van der Waals surface area contributed by atoms with Crippen LogP contribution in [-0.4, -0.2) is 43.2 Å². The van der Waals surface area contributed by atoms with Crippen LogP contribution in [-0.2, 0) is 4.79 Å². The molecule has 5 heteroatoms. The summed E-state index contributed by atoms with van der Waals surface area (Å²) in [6.45, 7) is 6.66. The van der Waals surface area contributed by atoms with Gasteiger partial charge in [0.25, 0.3) is 0 Å². The average Bonchev–Trinajstić information content (AvgIpc) is 2.90. The molecule has 1 saturated heterocycles. The Kier molecular flexibility index (Phi) is 5.59. The summed E-state index contributed by atoms with van der Waals surface area (Å²) in [5, 5.41) is 0. The van der Waals surface area contributed by atoms with Gasteiger partial charge in [-0.15, -0.1) is 0 Å². The number of hydrogen-bond donors (Lipinski definition) is 1. The molecule has 0 amide bonds. The Balaban J connectivity index is 1.79. The fraction of sp³-hybridized carbons (Fsp3) is 0.562. The van der Waals surface area contributed by atoms with Gasteiger partial charge in [0.2, 0.25) is 0 Å². The Labute approximate surface area is 126 Å². The number of ether oxygens (including phenoxy) is 2. The zero-order chi connectivity index (χ0) is 15.2. The number of likely N-dealkylation sites (tertiary alicyclic amines) is 1. The van der Waals surface area contributed by atoms with Crippen LogP contribution >= 0.6 is 0 Å². The summed E-state index contributed by atoms with van der Waals surface area (Å²) in [5.41, 5.74) is 5.90. The fourth-order valence-corrected chi connectivity index (χ4v) is 2.55. The first-order chi connectivity index (χ1) is 10.1. The Hall–Kier alpha value is -1.59. The number of hydrogen-bond acceptors (Lipinski definition) is 5. The Bertz CT molecular complexity index is 459. The van der Waals surface area contributed by atoms with Crippen molar-refractivity contribution in [2.75, 3.05) is 26.2 Å². The number of rotatable bonds is 6. The molecule has 1 fully saturated rings. The molecule has 1 aliphatic heterocycles. The van der Waals surface area contributed by atoms with Crippen LogP contribution in [0.1, 0.15) is 20.3 Å². The van der Waals surface area contributed by atoms with Gasteiger partial charge in [-0.1, -0.05) is 0 Å². The second kappa shape index (κ2) is 7.43. The minimum atomic E-state index is -0.232. The number of esters is 1. The van der Waals surface area contributed by atoms with E-state index in [0.29, 0.717) is 24.8 Å². The molecule has 0 aliphatic carbocycles. The quantitative estimate of drug-likeness (QED) is 0.638. The number of nitrogens with two attached hydrogens (primary N) is 1. The molecule has 0 saturated carbocycles. The second-order valence-electron chi connectivity index (χ2n) is 5.52. The molecule has 0 radical (unpaired) electrons. The molecule has 0 spiro atoms. The third-order valence-corrected chi connectivity index (χ3v) is 3.77. The standard InChI is InChI=1S/C16H24N2O3/c1-3-20-14-4-6-15(7-5-14)21-16(19)11-18-9-8-13(10-18)12(2)17/h4-7,12-13H,3,8-11,17H2,1-2H3. The monoisotopic (exact) mass is 292 g/mol. The number of carbonyl (C=O) groups is 1. The minimum absolute atomic E-state index is 0.178. The molecule has 2 unspecified atom stereocenters. The zero-order valence-corrected chi connectivity index (χ0v) is 12.7. The lowest BCUT2D eigenvalue weighted by Crippen LogP contribution is -2.33. The van der Waals surface area contributed by atoms with Crippen molar-refractivity contribution in [2.45, 2.75) is 26.3 Å². The van der Waals surface area contributed by atoms with Crippen LogP contribution in [0.2, 0.25) is 0 Å². The maximum absolute atomic E-state index is 11.9. The molecule has 1 aliphatic rings. The average molecular weight is 292 g/mol. The predicted octanol–water partition coefficient (Wildman–Crippen LogP) is 1.66. The van der Waals surface area contributed by atoms with Crippen molar-refractivity contribution >= 4 is 5.97 Å². The van der Waals surface area contributed by atoms with Crippen molar-refractivity contribution in [3.63, 3.8) is 0 Å². The zero-order valence-electron chi connectivity index (χ0n) is 12.7. The van der Waals surface area contributed by atoms with Gasteiger partial charge in [0, 0.05) is 12.6 Å². The lowest BCUT2D eigenvalue weighted by atomic mass is 10.0. The summed E-state index contributed by atoms with van der Waals surface area (Å²) in [4.78, 5) is 14.0. The molecular weight excluding hydrogens is 268 g/mol. The van der Waals surface area contributed by atoms with Gasteiger partial charge >= 0.3 is 5.97 Å². The molecule has 2 rings (SSSR count). The second-order valence-corrected chi connectivity index (χ2v) is 5.52. The Morgan fingerprint density at radius 2 is 2.05 bits per heavy atom. The van der Waals surface area contributed by atoms with E-state index in [9.17, 15) is 4.79 Å². The van der Waals surface area contributed by atoms with Gasteiger partial charge in [-0.05, 0) is 57.0 Å². The Morgan fingerprint density at radius 3 is 2.62 bits per heavy atom. The van der Waals surface area contributed by atoms with Crippen molar-refractivity contribution in [2.24, 2.45) is 11.7 Å². The molecule has 116 valence electrons. The van der Waals surface area contributed by atoms with E-state index in [1.54, 1.807) is 24.3 Å². The number of benzene rings is 1. The van der Waals surface area contributed by atoms with E-state index in [2.05, 4.69) is 4.90 Å². The molecule has 1 aromatic carbocycles. The van der Waals surface area contributed by atoms with Gasteiger partial charge < -0.3 is 15.2 Å². The van der Waals surface area contributed by atoms with Crippen LogP contribution in [0.3, 0.4) is 0 Å². The Morgan fingerprint density at radius 1 is 1.38 bits per heavy atom. The van der Waals surface area contributed by atoms with Crippen LogP contribution in [0.5, 0.6) is 11.5 Å². The van der Waals surface area contributed by atoms with E-state index in [1.165, 1.54) is 0 Å². The largest absolute Gasteiger partial charge is 0.494 e. The molecular formula is C16H24N2O3. The first-order valence-corrected chi connectivity index (χ1v) is 7.50. The summed E-state index contributed by atoms with van der Waals surface area (Å²) in [6, 6.07) is 7.27. The van der Waals surface area contributed by atoms with Crippen LogP contribution < -0.4 is 15.2 Å². The normalized spacial score (nSPS) is 20.2. The summed E-state index contributed by atoms with van der Waals surface area (Å²) in [6.07, 6.45) is 1.05. The molecule has 21 heavy (non-hydrogen) atoms. The van der Waals surface area contributed by atoms with Crippen molar-refractivity contribution < 1.29 is 14.3 Å². The highest BCUT2D eigenvalue weighted by molar-refractivity contribution is 5.74. The minimum Gasteiger partial charge on any atom is -0.494 e. The molecule has 1 heterocycles. The molecule has 0 bridgehead atoms. The van der Waals surface area contributed by atoms with E-state index >= 15 is 0 Å². The maximum atomic E-state index is 11.9. The van der Waals surface area contributed by atoms with Crippen LogP contribution in [0.25, 0.3) is 0 Å². The van der Waals surface area contributed by atoms with E-state index in [1.807, 2.05) is 13.8 Å². The molecule has 2 atom stereocenters. The lowest BCUT2D eigenvalue weighted by molar-refractivity contribution is -0.135. The van der Waals surface area contributed by atoms with Gasteiger partial charge in [0.05, 0.1) is 13.2 Å². The highest BCUT2D eigenvalue weighted by Gasteiger charge is 2.26. The van der Waals surface area contributed by atoms with E-state index in [0.717, 1.165) is 25.3 Å². The predicted molar refractivity (Wildman–Crippen MR) is 81.4 cm³/mol. The molecule has 0 aromatic heterocycles. The van der Waals surface area contributed by atoms with Gasteiger partial charge in [-0.3, -0.25) is 9.69 Å². The number of carbonyl (C=O) groups excluding carboxylic acids is 1. The molecule has 2 N–H and O–H groups in total. The van der Waals surface area contributed by atoms with Gasteiger partial charge in [-0.25, -0.2) is 0 Å². The third kappa shape index (κ3) is 4.72. The fourth-order valence-electron chi connectivity index (χ4n) is 2.55. The highest BCUT2D eigenvalue weighted by Crippen LogP contribution is 2.20. The van der Waals surface area contributed by atoms with Crippen molar-refractivity contribution in [3.8, 4) is 11.5 Å². The summed E-state index contributed by atoms with van der Waals surface area (Å²) in [5.74, 6) is 1.57. The number of nitrogens with zero attached hydrogens (tertiary/aromatic N) is 1. The molecule has 5 nitrogen and oxygen atoms in total. The van der Waals surface area contributed by atoms with Crippen LogP contribution in [0.4, 0.5) is 0 Å².